The van der Waals surface area contributed by atoms with E-state index in [2.05, 4.69) is 4.72 Å². The highest BCUT2D eigenvalue weighted by Gasteiger charge is 2.37. The van der Waals surface area contributed by atoms with Crippen LogP contribution in [-0.4, -0.2) is 27.2 Å². The van der Waals surface area contributed by atoms with E-state index in [4.69, 9.17) is 10.00 Å². The summed E-state index contributed by atoms with van der Waals surface area (Å²) in [7, 11) is -4.05. The number of nitrogens with one attached hydrogen (secondary N) is 1. The lowest BCUT2D eigenvalue weighted by Gasteiger charge is -2.36. The van der Waals surface area contributed by atoms with Crippen LogP contribution in [0.15, 0.2) is 23.1 Å². The summed E-state index contributed by atoms with van der Waals surface area (Å²) in [5.41, 5.74) is -2.56. The highest BCUT2D eigenvalue weighted by atomic mass is 32.2. The second-order valence-electron chi connectivity index (χ2n) is 5.67. The van der Waals surface area contributed by atoms with Crippen LogP contribution < -0.4 is 4.72 Å². The van der Waals surface area contributed by atoms with E-state index >= 15 is 0 Å². The molecule has 0 saturated carbocycles. The molecule has 0 amide bonds. The second kappa shape index (κ2) is 6.70. The molecule has 24 heavy (non-hydrogen) atoms. The molecule has 1 fully saturated rings. The average molecular weight is 362 g/mol. The predicted octanol–water partition coefficient (Wildman–Crippen LogP) is 2.81. The third-order valence-electron chi connectivity index (χ3n) is 4.20. The van der Waals surface area contributed by atoms with Crippen LogP contribution in [0.4, 0.5) is 13.2 Å². The average Bonchev–Trinajstić information content (AvgIpc) is 2.53. The van der Waals surface area contributed by atoms with Crippen molar-refractivity contribution < 1.29 is 26.3 Å². The van der Waals surface area contributed by atoms with Gasteiger partial charge < -0.3 is 4.74 Å². The Morgan fingerprint density at radius 2 is 1.96 bits per heavy atom. The van der Waals surface area contributed by atoms with Gasteiger partial charge in [-0.25, -0.2) is 13.1 Å². The van der Waals surface area contributed by atoms with Crippen LogP contribution in [-0.2, 0) is 20.9 Å². The standard InChI is InChI=1S/C15H17F3N2O3S/c1-2-14(5-7-23-8-6-14)20-24(21,22)12-3-4-13(15(16,17)18)11(9-12)10-19/h3-4,9,20H,2,5-8H2,1H3. The number of hydrogen-bond donors (Lipinski definition) is 1. The summed E-state index contributed by atoms with van der Waals surface area (Å²) in [6.07, 6.45) is -3.23. The summed E-state index contributed by atoms with van der Waals surface area (Å²) >= 11 is 0. The van der Waals surface area contributed by atoms with Crippen LogP contribution in [0.3, 0.4) is 0 Å². The smallest absolute Gasteiger partial charge is 0.381 e. The summed E-state index contributed by atoms with van der Waals surface area (Å²) in [5.74, 6) is 0. The SMILES string of the molecule is CCC1(NS(=O)(=O)c2ccc(C(F)(F)F)c(C#N)c2)CCOCC1. The van der Waals surface area contributed by atoms with Crippen LogP contribution in [0.5, 0.6) is 0 Å². The van der Waals surface area contributed by atoms with E-state index in [0.29, 0.717) is 38.5 Å². The van der Waals surface area contributed by atoms with Crippen LogP contribution in [0.2, 0.25) is 0 Å². The van der Waals surface area contributed by atoms with Crippen molar-refractivity contribution in [3.05, 3.63) is 29.3 Å². The van der Waals surface area contributed by atoms with Crippen molar-refractivity contribution in [2.75, 3.05) is 13.2 Å². The molecule has 1 heterocycles. The molecule has 132 valence electrons. The molecule has 1 aromatic carbocycles. The van der Waals surface area contributed by atoms with Gasteiger partial charge in [-0.3, -0.25) is 0 Å². The van der Waals surface area contributed by atoms with E-state index < -0.39 is 32.9 Å². The van der Waals surface area contributed by atoms with Crippen molar-refractivity contribution in [2.24, 2.45) is 0 Å². The quantitative estimate of drug-likeness (QED) is 0.893. The van der Waals surface area contributed by atoms with Crippen molar-refractivity contribution in [1.82, 2.24) is 4.72 Å². The largest absolute Gasteiger partial charge is 0.417 e. The van der Waals surface area contributed by atoms with Gasteiger partial charge in [0.25, 0.3) is 0 Å². The minimum Gasteiger partial charge on any atom is -0.381 e. The number of benzene rings is 1. The zero-order valence-electron chi connectivity index (χ0n) is 13.0. The molecule has 0 aliphatic carbocycles. The van der Waals surface area contributed by atoms with E-state index in [1.54, 1.807) is 0 Å². The molecular formula is C15H17F3N2O3S. The van der Waals surface area contributed by atoms with E-state index in [-0.39, 0.29) is 4.90 Å². The first-order valence-electron chi connectivity index (χ1n) is 7.37. The zero-order chi connectivity index (χ0) is 18.0. The summed E-state index contributed by atoms with van der Waals surface area (Å²) < 4.78 is 71.4. The number of ether oxygens (including phenoxy) is 1. The van der Waals surface area contributed by atoms with Gasteiger partial charge in [0, 0.05) is 18.8 Å². The van der Waals surface area contributed by atoms with Gasteiger partial charge in [0.1, 0.15) is 0 Å². The molecule has 1 aliphatic heterocycles. The highest BCUT2D eigenvalue weighted by Crippen LogP contribution is 2.33. The lowest BCUT2D eigenvalue weighted by Crippen LogP contribution is -2.51. The van der Waals surface area contributed by atoms with Gasteiger partial charge in [0.05, 0.1) is 22.1 Å². The molecule has 0 radical (unpaired) electrons. The van der Waals surface area contributed by atoms with E-state index in [0.717, 1.165) is 12.1 Å². The van der Waals surface area contributed by atoms with Crippen molar-refractivity contribution in [2.45, 2.75) is 42.8 Å². The summed E-state index contributed by atoms with van der Waals surface area (Å²) in [6, 6.07) is 3.66. The third-order valence-corrected chi connectivity index (χ3v) is 5.78. The molecule has 0 unspecified atom stereocenters. The first-order valence-corrected chi connectivity index (χ1v) is 8.85. The van der Waals surface area contributed by atoms with Gasteiger partial charge in [-0.1, -0.05) is 6.92 Å². The van der Waals surface area contributed by atoms with Crippen LogP contribution in [0.25, 0.3) is 0 Å². The monoisotopic (exact) mass is 362 g/mol. The topological polar surface area (TPSA) is 79.2 Å². The molecule has 0 bridgehead atoms. The fourth-order valence-corrected chi connectivity index (χ4v) is 4.22. The Kier molecular flexibility index (Phi) is 5.22. The fourth-order valence-electron chi connectivity index (χ4n) is 2.66. The van der Waals surface area contributed by atoms with Crippen molar-refractivity contribution >= 4 is 10.0 Å². The molecule has 2 rings (SSSR count). The van der Waals surface area contributed by atoms with Gasteiger partial charge in [-0.15, -0.1) is 0 Å². The first-order chi connectivity index (χ1) is 11.1. The Morgan fingerprint density at radius 1 is 1.33 bits per heavy atom. The van der Waals surface area contributed by atoms with Gasteiger partial charge in [-0.2, -0.15) is 18.4 Å². The molecule has 0 atom stereocenters. The molecule has 1 N–H and O–H groups in total. The number of rotatable bonds is 4. The molecule has 9 heteroatoms. The van der Waals surface area contributed by atoms with Gasteiger partial charge in [0.2, 0.25) is 10.0 Å². The molecule has 1 aliphatic rings. The Morgan fingerprint density at radius 3 is 2.46 bits per heavy atom. The van der Waals surface area contributed by atoms with Crippen molar-refractivity contribution in [3.63, 3.8) is 0 Å². The lowest BCUT2D eigenvalue weighted by molar-refractivity contribution is -0.137. The highest BCUT2D eigenvalue weighted by molar-refractivity contribution is 7.89. The summed E-state index contributed by atoms with van der Waals surface area (Å²) in [4.78, 5) is -0.355. The maximum absolute atomic E-state index is 12.8. The maximum Gasteiger partial charge on any atom is 0.417 e. The molecular weight excluding hydrogens is 345 g/mol. The zero-order valence-corrected chi connectivity index (χ0v) is 13.8. The van der Waals surface area contributed by atoms with Gasteiger partial charge in [0.15, 0.2) is 0 Å². The van der Waals surface area contributed by atoms with Crippen molar-refractivity contribution in [1.29, 1.82) is 5.26 Å². The van der Waals surface area contributed by atoms with Crippen LogP contribution in [0, 0.1) is 11.3 Å². The molecule has 0 spiro atoms. The number of nitriles is 1. The molecule has 5 nitrogen and oxygen atoms in total. The summed E-state index contributed by atoms with van der Waals surface area (Å²) in [5, 5.41) is 8.91. The predicted molar refractivity (Wildman–Crippen MR) is 79.6 cm³/mol. The normalized spacial score (nSPS) is 18.1. The maximum atomic E-state index is 12.8. The first kappa shape index (κ1) is 18.7. The Labute approximate surface area is 138 Å². The number of nitrogens with zero attached hydrogens (tertiary/aromatic N) is 1. The Balaban J connectivity index is 2.38. The van der Waals surface area contributed by atoms with Crippen LogP contribution >= 0.6 is 0 Å². The van der Waals surface area contributed by atoms with Gasteiger partial charge in [-0.05, 0) is 37.5 Å². The van der Waals surface area contributed by atoms with E-state index in [1.165, 1.54) is 6.07 Å². The van der Waals surface area contributed by atoms with Crippen molar-refractivity contribution in [3.8, 4) is 6.07 Å². The third kappa shape index (κ3) is 3.88. The van der Waals surface area contributed by atoms with Crippen LogP contribution in [0.1, 0.15) is 37.3 Å². The van der Waals surface area contributed by atoms with E-state index in [1.807, 2.05) is 6.92 Å². The number of halogens is 3. The summed E-state index contributed by atoms with van der Waals surface area (Å²) in [6.45, 7) is 2.65. The Hall–Kier alpha value is -1.63. The minimum absolute atomic E-state index is 0.355. The molecule has 1 aromatic rings. The molecule has 1 saturated heterocycles. The minimum atomic E-state index is -4.72. The van der Waals surface area contributed by atoms with Gasteiger partial charge >= 0.3 is 6.18 Å². The number of hydrogen-bond acceptors (Lipinski definition) is 4. The lowest BCUT2D eigenvalue weighted by atomic mass is 9.89. The fraction of sp³-hybridized carbons (Fsp3) is 0.533. The second-order valence-corrected chi connectivity index (χ2v) is 7.35. The number of sulfonamides is 1. The Bertz CT molecular complexity index is 748. The van der Waals surface area contributed by atoms with E-state index in [9.17, 15) is 21.6 Å². The number of alkyl halides is 3. The molecule has 0 aromatic heterocycles.